The molecule has 20 heavy (non-hydrogen) atoms. The molecule has 1 heterocycles. The van der Waals surface area contributed by atoms with E-state index in [0.717, 1.165) is 5.57 Å². The standard InChI is InChI=1S/C16H22O4/c1-9-8-10-4-6-15(2)16(3,11(17)5-7-20-15)12(10)14(19)13(9)18/h4,6,8-9,12-14,18-19H,5,7H2,1-3H3/t9-,12-,13-,14-,15-,16-/m1/s1. The molecule has 0 saturated carbocycles. The highest BCUT2D eigenvalue weighted by Crippen LogP contribution is 2.55. The van der Waals surface area contributed by atoms with Crippen molar-refractivity contribution in [2.75, 3.05) is 6.61 Å². The maximum Gasteiger partial charge on any atom is 0.144 e. The first-order valence-electron chi connectivity index (χ1n) is 7.25. The van der Waals surface area contributed by atoms with Crippen LogP contribution in [0.5, 0.6) is 0 Å². The van der Waals surface area contributed by atoms with Gasteiger partial charge in [0.2, 0.25) is 0 Å². The van der Waals surface area contributed by atoms with Crippen molar-refractivity contribution in [3.05, 3.63) is 23.8 Å². The number of ether oxygens (including phenoxy) is 1. The van der Waals surface area contributed by atoms with Gasteiger partial charge in [-0.05, 0) is 19.4 Å². The number of carbonyl (C=O) groups excluding carboxylic acids is 1. The maximum absolute atomic E-state index is 12.6. The number of allylic oxidation sites excluding steroid dienone is 1. The SMILES string of the molecule is C[C@@H]1C=C2C=C[C@@]3(C)OCCC(=O)[C@]3(C)[C@H]2[C@@H](O)[C@@H]1O. The van der Waals surface area contributed by atoms with Gasteiger partial charge >= 0.3 is 0 Å². The summed E-state index contributed by atoms with van der Waals surface area (Å²) in [6.45, 7) is 6.05. The number of hydrogen-bond acceptors (Lipinski definition) is 4. The largest absolute Gasteiger partial charge is 0.390 e. The molecule has 3 rings (SSSR count). The van der Waals surface area contributed by atoms with Crippen LogP contribution >= 0.6 is 0 Å². The van der Waals surface area contributed by atoms with E-state index in [1.165, 1.54) is 0 Å². The van der Waals surface area contributed by atoms with Crippen molar-refractivity contribution in [1.82, 2.24) is 0 Å². The molecule has 0 aromatic heterocycles. The van der Waals surface area contributed by atoms with Gasteiger partial charge < -0.3 is 14.9 Å². The molecule has 0 spiro atoms. The summed E-state index contributed by atoms with van der Waals surface area (Å²) in [4.78, 5) is 12.6. The molecule has 3 aliphatic rings. The van der Waals surface area contributed by atoms with Crippen molar-refractivity contribution in [2.24, 2.45) is 17.3 Å². The second-order valence-corrected chi connectivity index (χ2v) is 6.65. The molecule has 0 aromatic rings. The first kappa shape index (κ1) is 14.0. The molecule has 1 fully saturated rings. The van der Waals surface area contributed by atoms with Crippen LogP contribution in [0.3, 0.4) is 0 Å². The summed E-state index contributed by atoms with van der Waals surface area (Å²) in [5.74, 6) is -0.419. The van der Waals surface area contributed by atoms with Crippen molar-refractivity contribution in [1.29, 1.82) is 0 Å². The summed E-state index contributed by atoms with van der Waals surface area (Å²) in [6, 6.07) is 0. The van der Waals surface area contributed by atoms with Gasteiger partial charge in [0.1, 0.15) is 5.78 Å². The molecular weight excluding hydrogens is 256 g/mol. The monoisotopic (exact) mass is 278 g/mol. The summed E-state index contributed by atoms with van der Waals surface area (Å²) in [6.07, 6.45) is 4.42. The summed E-state index contributed by atoms with van der Waals surface area (Å²) < 4.78 is 5.87. The second kappa shape index (κ2) is 4.26. The number of Topliss-reactive ketones (excluding diaryl/α,β-unsaturated/α-hetero) is 1. The van der Waals surface area contributed by atoms with Gasteiger partial charge in [-0.3, -0.25) is 4.79 Å². The number of aliphatic hydroxyl groups is 2. The lowest BCUT2D eigenvalue weighted by Gasteiger charge is -2.56. The van der Waals surface area contributed by atoms with E-state index >= 15 is 0 Å². The van der Waals surface area contributed by atoms with E-state index in [2.05, 4.69) is 0 Å². The van der Waals surface area contributed by atoms with Gasteiger partial charge in [0.05, 0.1) is 29.8 Å². The van der Waals surface area contributed by atoms with Crippen LogP contribution in [0.2, 0.25) is 0 Å². The van der Waals surface area contributed by atoms with Crippen molar-refractivity contribution < 1.29 is 19.7 Å². The van der Waals surface area contributed by atoms with Crippen molar-refractivity contribution >= 4 is 5.78 Å². The Morgan fingerprint density at radius 2 is 2.00 bits per heavy atom. The Balaban J connectivity index is 2.18. The van der Waals surface area contributed by atoms with Gasteiger partial charge in [-0.25, -0.2) is 0 Å². The van der Waals surface area contributed by atoms with Crippen molar-refractivity contribution in [3.8, 4) is 0 Å². The van der Waals surface area contributed by atoms with E-state index in [4.69, 9.17) is 4.74 Å². The van der Waals surface area contributed by atoms with Crippen LogP contribution < -0.4 is 0 Å². The number of hydrogen-bond donors (Lipinski definition) is 2. The van der Waals surface area contributed by atoms with Crippen LogP contribution in [0.15, 0.2) is 23.8 Å². The van der Waals surface area contributed by atoms with Gasteiger partial charge in [0, 0.05) is 18.3 Å². The Bertz CT molecular complexity index is 509. The lowest BCUT2D eigenvalue weighted by atomic mass is 9.53. The summed E-state index contributed by atoms with van der Waals surface area (Å²) in [5, 5.41) is 20.7. The third-order valence-corrected chi connectivity index (χ3v) is 5.60. The third kappa shape index (κ3) is 1.56. The van der Waals surface area contributed by atoms with Crippen LogP contribution in [-0.2, 0) is 9.53 Å². The third-order valence-electron chi connectivity index (χ3n) is 5.60. The predicted octanol–water partition coefficient (Wildman–Crippen LogP) is 1.22. The lowest BCUT2D eigenvalue weighted by Crippen LogP contribution is -2.64. The molecule has 0 radical (unpaired) electrons. The van der Waals surface area contributed by atoms with E-state index in [9.17, 15) is 15.0 Å². The van der Waals surface area contributed by atoms with Gasteiger partial charge in [0.25, 0.3) is 0 Å². The van der Waals surface area contributed by atoms with E-state index in [0.29, 0.717) is 13.0 Å². The molecule has 0 bridgehead atoms. The molecule has 0 unspecified atom stereocenters. The number of ketones is 1. The van der Waals surface area contributed by atoms with Crippen LogP contribution in [-0.4, -0.2) is 40.4 Å². The lowest BCUT2D eigenvalue weighted by molar-refractivity contribution is -0.184. The van der Waals surface area contributed by atoms with Crippen LogP contribution in [0.25, 0.3) is 0 Å². The molecule has 4 nitrogen and oxygen atoms in total. The van der Waals surface area contributed by atoms with Crippen molar-refractivity contribution in [2.45, 2.75) is 45.0 Å². The molecular formula is C16H22O4. The minimum atomic E-state index is -0.940. The van der Waals surface area contributed by atoms with Crippen LogP contribution in [0.1, 0.15) is 27.2 Å². The first-order valence-corrected chi connectivity index (χ1v) is 7.25. The van der Waals surface area contributed by atoms with Gasteiger partial charge in [-0.1, -0.05) is 25.2 Å². The molecule has 2 aliphatic carbocycles. The highest BCUT2D eigenvalue weighted by molar-refractivity contribution is 5.88. The molecule has 0 aromatic carbocycles. The Morgan fingerprint density at radius 1 is 1.30 bits per heavy atom. The Labute approximate surface area is 119 Å². The number of rotatable bonds is 0. The maximum atomic E-state index is 12.6. The Kier molecular flexibility index (Phi) is 2.98. The highest BCUT2D eigenvalue weighted by Gasteiger charge is 2.62. The topological polar surface area (TPSA) is 66.8 Å². The van der Waals surface area contributed by atoms with Gasteiger partial charge in [-0.15, -0.1) is 0 Å². The first-order chi connectivity index (χ1) is 9.31. The summed E-state index contributed by atoms with van der Waals surface area (Å²) in [7, 11) is 0. The average molecular weight is 278 g/mol. The van der Waals surface area contributed by atoms with Gasteiger partial charge in [-0.2, -0.15) is 0 Å². The number of carbonyl (C=O) groups is 1. The summed E-state index contributed by atoms with van der Waals surface area (Å²) >= 11 is 0. The van der Waals surface area contributed by atoms with E-state index in [-0.39, 0.29) is 11.7 Å². The van der Waals surface area contributed by atoms with Crippen molar-refractivity contribution in [3.63, 3.8) is 0 Å². The average Bonchev–Trinajstić information content (AvgIpc) is 2.39. The Morgan fingerprint density at radius 3 is 2.70 bits per heavy atom. The van der Waals surface area contributed by atoms with E-state index < -0.39 is 29.1 Å². The Hall–Kier alpha value is -0.970. The smallest absolute Gasteiger partial charge is 0.144 e. The quantitative estimate of drug-likeness (QED) is 0.699. The minimum Gasteiger partial charge on any atom is -0.390 e. The molecule has 4 heteroatoms. The van der Waals surface area contributed by atoms with E-state index in [1.54, 1.807) is 0 Å². The van der Waals surface area contributed by atoms with Crippen LogP contribution in [0, 0.1) is 17.3 Å². The van der Waals surface area contributed by atoms with E-state index in [1.807, 2.05) is 39.0 Å². The minimum absolute atomic E-state index is 0.104. The molecule has 6 atom stereocenters. The molecule has 1 aliphatic heterocycles. The molecule has 110 valence electrons. The zero-order valence-corrected chi connectivity index (χ0v) is 12.2. The fourth-order valence-electron chi connectivity index (χ4n) is 4.05. The number of fused-ring (bicyclic) bond motifs is 3. The van der Waals surface area contributed by atoms with Crippen LogP contribution in [0.4, 0.5) is 0 Å². The fraction of sp³-hybridized carbons (Fsp3) is 0.688. The molecule has 0 amide bonds. The summed E-state index contributed by atoms with van der Waals surface area (Å²) in [5.41, 5.74) is -0.605. The highest BCUT2D eigenvalue weighted by atomic mass is 16.5. The predicted molar refractivity (Wildman–Crippen MR) is 74.0 cm³/mol. The van der Waals surface area contributed by atoms with Gasteiger partial charge in [0.15, 0.2) is 0 Å². The zero-order chi connectivity index (χ0) is 14.7. The number of aliphatic hydroxyl groups excluding tert-OH is 2. The second-order valence-electron chi connectivity index (χ2n) is 6.65. The molecule has 1 saturated heterocycles. The normalized spacial score (nSPS) is 51.2. The fourth-order valence-corrected chi connectivity index (χ4v) is 4.05. The zero-order valence-electron chi connectivity index (χ0n) is 12.2. The molecule has 2 N–H and O–H groups in total.